The first-order valence-electron chi connectivity index (χ1n) is 12.5. The molecule has 0 saturated carbocycles. The van der Waals surface area contributed by atoms with Gasteiger partial charge in [-0.1, -0.05) is 0 Å². The van der Waals surface area contributed by atoms with Gasteiger partial charge in [0.1, 0.15) is 23.6 Å². The fourth-order valence-electron chi connectivity index (χ4n) is 5.10. The molecule has 1 aliphatic heterocycles. The number of fused-ring (bicyclic) bond motifs is 1. The molecule has 4 nitrogen and oxygen atoms in total. The van der Waals surface area contributed by atoms with Crippen molar-refractivity contribution in [2.45, 2.75) is 36.8 Å². The second-order valence-corrected chi connectivity index (χ2v) is 10.6. The van der Waals surface area contributed by atoms with Crippen molar-refractivity contribution in [2.24, 2.45) is 11.8 Å². The normalized spacial score (nSPS) is 19.5. The summed E-state index contributed by atoms with van der Waals surface area (Å²) in [6, 6.07) is 10.8. The lowest BCUT2D eigenvalue weighted by Gasteiger charge is -2.38. The van der Waals surface area contributed by atoms with Gasteiger partial charge in [0, 0.05) is 35.7 Å². The number of rotatable bonds is 11. The molecule has 0 aliphatic carbocycles. The first-order chi connectivity index (χ1) is 17.5. The summed E-state index contributed by atoms with van der Waals surface area (Å²) in [5.74, 6) is 0.719. The predicted molar refractivity (Wildman–Crippen MR) is 138 cm³/mol. The maximum absolute atomic E-state index is 15.4. The van der Waals surface area contributed by atoms with Gasteiger partial charge < -0.3 is 14.7 Å². The van der Waals surface area contributed by atoms with Crippen molar-refractivity contribution in [1.29, 1.82) is 0 Å². The number of aliphatic hydroxyl groups excluding tert-OH is 1. The highest BCUT2D eigenvalue weighted by atomic mass is 32.2. The molecule has 0 spiro atoms. The van der Waals surface area contributed by atoms with E-state index in [1.165, 1.54) is 23.9 Å². The SMILES string of the molecule is COc1ccc2nccc(C(F)CC[C@@H]3CCN(CCCSc4cc(F)cc(F)c4)C[C@@H]3CO)c2c1. The number of aromatic nitrogens is 1. The van der Waals surface area contributed by atoms with Crippen LogP contribution in [0.5, 0.6) is 5.75 Å². The van der Waals surface area contributed by atoms with Crippen LogP contribution in [0.25, 0.3) is 10.9 Å². The van der Waals surface area contributed by atoms with Gasteiger partial charge in [0.05, 0.1) is 12.6 Å². The summed E-state index contributed by atoms with van der Waals surface area (Å²) >= 11 is 1.45. The first-order valence-corrected chi connectivity index (χ1v) is 13.4. The largest absolute Gasteiger partial charge is 0.497 e. The lowest BCUT2D eigenvalue weighted by Crippen LogP contribution is -2.42. The average molecular weight is 519 g/mol. The van der Waals surface area contributed by atoms with Crippen molar-refractivity contribution in [1.82, 2.24) is 9.88 Å². The van der Waals surface area contributed by atoms with E-state index in [9.17, 15) is 13.9 Å². The summed E-state index contributed by atoms with van der Waals surface area (Å²) in [5.41, 5.74) is 1.38. The van der Waals surface area contributed by atoms with Crippen LogP contribution in [0.3, 0.4) is 0 Å². The molecule has 36 heavy (non-hydrogen) atoms. The molecule has 3 aromatic rings. The minimum atomic E-state index is -1.11. The molecule has 0 amide bonds. The Morgan fingerprint density at radius 3 is 2.69 bits per heavy atom. The molecule has 0 radical (unpaired) electrons. The number of methoxy groups -OCH3 is 1. The predicted octanol–water partition coefficient (Wildman–Crippen LogP) is 6.43. The highest BCUT2D eigenvalue weighted by molar-refractivity contribution is 7.99. The summed E-state index contributed by atoms with van der Waals surface area (Å²) in [7, 11) is 1.59. The van der Waals surface area contributed by atoms with Gasteiger partial charge in [0.15, 0.2) is 0 Å². The van der Waals surface area contributed by atoms with Gasteiger partial charge in [-0.15, -0.1) is 11.8 Å². The van der Waals surface area contributed by atoms with Gasteiger partial charge in [0.2, 0.25) is 0 Å². The molecule has 2 aromatic carbocycles. The number of alkyl halides is 1. The second kappa shape index (κ2) is 12.8. The van der Waals surface area contributed by atoms with E-state index in [1.54, 1.807) is 19.4 Å². The summed E-state index contributed by atoms with van der Waals surface area (Å²) in [4.78, 5) is 7.27. The monoisotopic (exact) mass is 518 g/mol. The van der Waals surface area contributed by atoms with Crippen molar-refractivity contribution in [2.75, 3.05) is 39.1 Å². The molecular weight excluding hydrogens is 485 g/mol. The average Bonchev–Trinajstić information content (AvgIpc) is 2.88. The number of likely N-dealkylation sites (tertiary alicyclic amines) is 1. The topological polar surface area (TPSA) is 45.6 Å². The van der Waals surface area contributed by atoms with Crippen LogP contribution in [0.2, 0.25) is 0 Å². The lowest BCUT2D eigenvalue weighted by molar-refractivity contribution is 0.0640. The zero-order chi connectivity index (χ0) is 25.5. The molecule has 1 unspecified atom stereocenters. The third-order valence-electron chi connectivity index (χ3n) is 7.04. The van der Waals surface area contributed by atoms with E-state index in [0.717, 1.165) is 61.6 Å². The summed E-state index contributed by atoms with van der Waals surface area (Å²) in [6.45, 7) is 2.65. The van der Waals surface area contributed by atoms with Crippen molar-refractivity contribution >= 4 is 22.7 Å². The highest BCUT2D eigenvalue weighted by Gasteiger charge is 2.29. The fourth-order valence-corrected chi connectivity index (χ4v) is 6.00. The van der Waals surface area contributed by atoms with Gasteiger partial charge in [0.25, 0.3) is 0 Å². The summed E-state index contributed by atoms with van der Waals surface area (Å²) in [6.07, 6.45) is 3.47. The molecule has 4 rings (SSSR count). The van der Waals surface area contributed by atoms with E-state index in [-0.39, 0.29) is 18.4 Å². The Morgan fingerprint density at radius 2 is 1.94 bits per heavy atom. The molecule has 3 atom stereocenters. The smallest absolute Gasteiger partial charge is 0.127 e. The number of nitrogens with zero attached hydrogens (tertiary/aromatic N) is 2. The van der Waals surface area contributed by atoms with E-state index >= 15 is 4.39 Å². The van der Waals surface area contributed by atoms with Crippen LogP contribution in [-0.4, -0.2) is 54.1 Å². The molecular formula is C28H33F3N2O2S. The summed E-state index contributed by atoms with van der Waals surface area (Å²) in [5, 5.41) is 10.8. The van der Waals surface area contributed by atoms with Crippen molar-refractivity contribution in [3.8, 4) is 5.75 Å². The third kappa shape index (κ3) is 6.93. The van der Waals surface area contributed by atoms with Gasteiger partial charge in [-0.25, -0.2) is 13.2 Å². The number of hydrogen-bond acceptors (Lipinski definition) is 5. The van der Waals surface area contributed by atoms with Crippen LogP contribution in [-0.2, 0) is 0 Å². The maximum atomic E-state index is 15.4. The number of piperidine rings is 1. The molecule has 1 aliphatic rings. The van der Waals surface area contributed by atoms with Crippen LogP contribution >= 0.6 is 11.8 Å². The number of halogens is 3. The Kier molecular flexibility index (Phi) is 9.51. The zero-order valence-corrected chi connectivity index (χ0v) is 21.3. The van der Waals surface area contributed by atoms with Gasteiger partial charge in [-0.05, 0) is 98.3 Å². The van der Waals surface area contributed by atoms with Crippen molar-refractivity contribution < 1.29 is 23.0 Å². The van der Waals surface area contributed by atoms with E-state index in [1.807, 2.05) is 18.2 Å². The van der Waals surface area contributed by atoms with Gasteiger partial charge in [-0.3, -0.25) is 4.98 Å². The molecule has 8 heteroatoms. The number of benzene rings is 2. The number of ether oxygens (including phenoxy) is 1. The Balaban J connectivity index is 1.25. The minimum absolute atomic E-state index is 0.0881. The van der Waals surface area contributed by atoms with Gasteiger partial charge in [-0.2, -0.15) is 0 Å². The van der Waals surface area contributed by atoms with E-state index < -0.39 is 17.8 Å². The van der Waals surface area contributed by atoms with Crippen LogP contribution in [0.1, 0.15) is 37.4 Å². The van der Waals surface area contributed by atoms with Crippen LogP contribution < -0.4 is 4.74 Å². The number of pyridine rings is 1. The second-order valence-electron chi connectivity index (χ2n) is 9.43. The number of hydrogen-bond donors (Lipinski definition) is 1. The zero-order valence-electron chi connectivity index (χ0n) is 20.5. The molecule has 1 saturated heterocycles. The number of thioether (sulfide) groups is 1. The molecule has 0 bridgehead atoms. The maximum Gasteiger partial charge on any atom is 0.127 e. The summed E-state index contributed by atoms with van der Waals surface area (Å²) < 4.78 is 47.3. The van der Waals surface area contributed by atoms with E-state index in [2.05, 4.69) is 9.88 Å². The highest BCUT2D eigenvalue weighted by Crippen LogP contribution is 2.35. The van der Waals surface area contributed by atoms with Gasteiger partial charge >= 0.3 is 0 Å². The van der Waals surface area contributed by atoms with Crippen LogP contribution in [0.15, 0.2) is 53.6 Å². The van der Waals surface area contributed by atoms with Crippen molar-refractivity contribution in [3.63, 3.8) is 0 Å². The lowest BCUT2D eigenvalue weighted by atomic mass is 9.81. The Hall–Kier alpha value is -2.29. The molecule has 1 N–H and O–H groups in total. The van der Waals surface area contributed by atoms with E-state index in [0.29, 0.717) is 22.6 Å². The standard InChI is InChI=1S/C28H33F3N2O2S/c1-35-23-4-6-28-26(16-23)25(7-9-32-28)27(31)5-3-19-8-11-33(17-20(19)18-34)10-2-12-36-24-14-21(29)13-22(30)15-24/h4,6-7,9,13-16,19-20,27,34H,2-3,5,8,10-12,17-18H2,1H3/t19-,20-,27?/m1/s1. The molecule has 194 valence electrons. The molecule has 2 heterocycles. The van der Waals surface area contributed by atoms with Crippen molar-refractivity contribution in [3.05, 3.63) is 65.9 Å². The Labute approximate surface area is 214 Å². The molecule has 1 fully saturated rings. The number of aliphatic hydroxyl groups is 1. The van der Waals surface area contributed by atoms with Crippen LogP contribution in [0, 0.1) is 23.5 Å². The minimum Gasteiger partial charge on any atom is -0.497 e. The van der Waals surface area contributed by atoms with E-state index in [4.69, 9.17) is 4.74 Å². The first kappa shape index (κ1) is 26.8. The quantitative estimate of drug-likeness (QED) is 0.234. The van der Waals surface area contributed by atoms with Crippen LogP contribution in [0.4, 0.5) is 13.2 Å². The Bertz CT molecular complexity index is 1130. The third-order valence-corrected chi connectivity index (χ3v) is 8.11. The Morgan fingerprint density at radius 1 is 1.14 bits per heavy atom. The molecule has 1 aromatic heterocycles. The fraction of sp³-hybridized carbons (Fsp3) is 0.464.